The number of hydrogen-bond donors (Lipinski definition) is 0. The molecule has 1 aliphatic rings. The average molecular weight is 260 g/mol. The summed E-state index contributed by atoms with van der Waals surface area (Å²) < 4.78 is 0. The largest absolute Gasteiger partial charge is 0.312 e. The molecule has 1 heterocycles. The molecule has 2 rings (SSSR count). The Morgan fingerprint density at radius 3 is 2.61 bits per heavy atom. The molecular weight excluding hydrogens is 250 g/mol. The number of hydrogen-bond acceptors (Lipinski definition) is 3. The Balaban J connectivity index is 2.33. The fraction of sp³-hybridized carbons (Fsp3) is 0.308. The van der Waals surface area contributed by atoms with Gasteiger partial charge in [-0.2, -0.15) is 10.5 Å². The van der Waals surface area contributed by atoms with Gasteiger partial charge in [0.15, 0.2) is 0 Å². The Labute approximate surface area is 110 Å². The number of carbonyl (C=O) groups is 1. The van der Waals surface area contributed by atoms with Gasteiger partial charge < -0.3 is 4.90 Å². The highest BCUT2D eigenvalue weighted by Gasteiger charge is 2.30. The second kappa shape index (κ2) is 5.08. The van der Waals surface area contributed by atoms with E-state index in [0.29, 0.717) is 30.1 Å². The number of rotatable bonds is 2. The lowest BCUT2D eigenvalue weighted by molar-refractivity contribution is -0.117. The molecule has 1 fully saturated rings. The molecule has 5 heteroatoms. The van der Waals surface area contributed by atoms with Gasteiger partial charge >= 0.3 is 0 Å². The number of carbonyl (C=O) groups excluding carboxylic acids is 1. The van der Waals surface area contributed by atoms with Crippen molar-refractivity contribution in [2.24, 2.45) is 5.92 Å². The Morgan fingerprint density at radius 2 is 2.06 bits per heavy atom. The summed E-state index contributed by atoms with van der Waals surface area (Å²) in [5.74, 6) is 0.610. The number of halogens is 1. The summed E-state index contributed by atoms with van der Waals surface area (Å²) in [5, 5.41) is 17.8. The van der Waals surface area contributed by atoms with Crippen LogP contribution in [0.15, 0.2) is 18.2 Å². The minimum Gasteiger partial charge on any atom is -0.312 e. The second-order valence-corrected chi connectivity index (χ2v) is 4.49. The quantitative estimate of drug-likeness (QED) is 0.763. The van der Waals surface area contributed by atoms with Crippen molar-refractivity contribution < 1.29 is 4.79 Å². The van der Waals surface area contributed by atoms with Crippen molar-refractivity contribution in [1.29, 1.82) is 10.5 Å². The van der Waals surface area contributed by atoms with Crippen LogP contribution in [0.3, 0.4) is 0 Å². The van der Waals surface area contributed by atoms with Crippen LogP contribution in [0.25, 0.3) is 0 Å². The average Bonchev–Trinajstić information content (AvgIpc) is 2.79. The summed E-state index contributed by atoms with van der Waals surface area (Å²) in [6.45, 7) is 0.569. The molecule has 0 radical (unpaired) electrons. The molecule has 90 valence electrons. The van der Waals surface area contributed by atoms with Crippen LogP contribution in [-0.4, -0.2) is 18.3 Å². The third-order valence-electron chi connectivity index (χ3n) is 2.98. The maximum Gasteiger partial charge on any atom is 0.227 e. The number of nitrogens with zero attached hydrogens (tertiary/aromatic N) is 3. The number of anilines is 1. The molecule has 0 saturated carbocycles. The van der Waals surface area contributed by atoms with Crippen molar-refractivity contribution in [2.45, 2.75) is 6.42 Å². The summed E-state index contributed by atoms with van der Waals surface area (Å²) >= 11 is 5.76. The molecule has 0 N–H and O–H groups in total. The fourth-order valence-corrected chi connectivity index (χ4v) is 2.23. The van der Waals surface area contributed by atoms with Gasteiger partial charge in [-0.3, -0.25) is 4.79 Å². The summed E-state index contributed by atoms with van der Waals surface area (Å²) in [5.41, 5.74) is 1.27. The zero-order valence-corrected chi connectivity index (χ0v) is 10.3. The number of nitriles is 2. The molecule has 0 bridgehead atoms. The summed E-state index contributed by atoms with van der Waals surface area (Å²) in [4.78, 5) is 13.4. The molecule has 0 aliphatic carbocycles. The predicted octanol–water partition coefficient (Wildman–Crippen LogP) is 2.02. The SMILES string of the molecule is N#Cc1ccc(N2CC(CCl)CC2=O)cc1C#N. The molecule has 1 atom stereocenters. The van der Waals surface area contributed by atoms with Crippen LogP contribution >= 0.6 is 11.6 Å². The number of benzene rings is 1. The van der Waals surface area contributed by atoms with Gasteiger partial charge in [0.2, 0.25) is 5.91 Å². The van der Waals surface area contributed by atoms with Gasteiger partial charge in [-0.15, -0.1) is 11.6 Å². The van der Waals surface area contributed by atoms with Gasteiger partial charge in [0.05, 0.1) is 11.1 Å². The first-order valence-corrected chi connectivity index (χ1v) is 6.03. The van der Waals surface area contributed by atoms with E-state index in [1.807, 2.05) is 12.1 Å². The van der Waals surface area contributed by atoms with Gasteiger partial charge in [-0.05, 0) is 24.1 Å². The molecule has 1 aliphatic heterocycles. The fourth-order valence-electron chi connectivity index (χ4n) is 2.02. The van der Waals surface area contributed by atoms with E-state index < -0.39 is 0 Å². The highest BCUT2D eigenvalue weighted by Crippen LogP contribution is 2.27. The van der Waals surface area contributed by atoms with E-state index in [2.05, 4.69) is 0 Å². The van der Waals surface area contributed by atoms with E-state index in [9.17, 15) is 4.79 Å². The Hall–Kier alpha value is -2.04. The summed E-state index contributed by atoms with van der Waals surface area (Å²) in [6, 6.07) is 8.74. The van der Waals surface area contributed by atoms with Crippen LogP contribution in [0.5, 0.6) is 0 Å². The topological polar surface area (TPSA) is 67.9 Å². The number of amides is 1. The maximum absolute atomic E-state index is 11.8. The van der Waals surface area contributed by atoms with Crippen molar-refractivity contribution >= 4 is 23.2 Å². The monoisotopic (exact) mass is 259 g/mol. The molecule has 0 aromatic heterocycles. The van der Waals surface area contributed by atoms with Crippen molar-refractivity contribution in [3.8, 4) is 12.1 Å². The third kappa shape index (κ3) is 2.16. The van der Waals surface area contributed by atoms with Crippen molar-refractivity contribution in [1.82, 2.24) is 0 Å². The van der Waals surface area contributed by atoms with Crippen LogP contribution in [-0.2, 0) is 4.79 Å². The molecule has 1 aromatic carbocycles. The van der Waals surface area contributed by atoms with Crippen molar-refractivity contribution in [3.05, 3.63) is 29.3 Å². The Kier molecular flexibility index (Phi) is 3.50. The molecule has 1 amide bonds. The smallest absolute Gasteiger partial charge is 0.227 e. The minimum atomic E-state index is 0.00856. The lowest BCUT2D eigenvalue weighted by Gasteiger charge is -2.16. The molecule has 1 unspecified atom stereocenters. The Morgan fingerprint density at radius 1 is 1.33 bits per heavy atom. The molecule has 1 saturated heterocycles. The van der Waals surface area contributed by atoms with Crippen LogP contribution in [0.4, 0.5) is 5.69 Å². The highest BCUT2D eigenvalue weighted by molar-refractivity contribution is 6.18. The van der Waals surface area contributed by atoms with Gasteiger partial charge in [0.25, 0.3) is 0 Å². The van der Waals surface area contributed by atoms with E-state index in [1.165, 1.54) is 0 Å². The molecular formula is C13H10ClN3O. The second-order valence-electron chi connectivity index (χ2n) is 4.18. The van der Waals surface area contributed by atoms with Crippen LogP contribution in [0.2, 0.25) is 0 Å². The normalized spacial score (nSPS) is 18.5. The molecule has 0 spiro atoms. The summed E-state index contributed by atoms with van der Waals surface area (Å²) in [6.07, 6.45) is 0.436. The van der Waals surface area contributed by atoms with E-state index in [-0.39, 0.29) is 17.4 Å². The Bertz CT molecular complexity index is 571. The van der Waals surface area contributed by atoms with E-state index in [1.54, 1.807) is 23.1 Å². The zero-order valence-electron chi connectivity index (χ0n) is 9.56. The van der Waals surface area contributed by atoms with E-state index in [4.69, 9.17) is 22.1 Å². The summed E-state index contributed by atoms with van der Waals surface area (Å²) in [7, 11) is 0. The van der Waals surface area contributed by atoms with Crippen molar-refractivity contribution in [2.75, 3.05) is 17.3 Å². The van der Waals surface area contributed by atoms with E-state index in [0.717, 1.165) is 0 Å². The third-order valence-corrected chi connectivity index (χ3v) is 3.42. The number of alkyl halides is 1. The van der Waals surface area contributed by atoms with E-state index >= 15 is 0 Å². The van der Waals surface area contributed by atoms with Gasteiger partial charge in [-0.25, -0.2) is 0 Å². The first kappa shape index (κ1) is 12.4. The zero-order chi connectivity index (χ0) is 13.1. The van der Waals surface area contributed by atoms with Crippen LogP contribution in [0, 0.1) is 28.6 Å². The lowest BCUT2D eigenvalue weighted by Crippen LogP contribution is -2.24. The molecule has 4 nitrogen and oxygen atoms in total. The highest BCUT2D eigenvalue weighted by atomic mass is 35.5. The van der Waals surface area contributed by atoms with Crippen LogP contribution in [0.1, 0.15) is 17.5 Å². The first-order valence-electron chi connectivity index (χ1n) is 5.50. The van der Waals surface area contributed by atoms with Gasteiger partial charge in [0.1, 0.15) is 12.1 Å². The lowest BCUT2D eigenvalue weighted by atomic mass is 10.1. The first-order chi connectivity index (χ1) is 8.69. The van der Waals surface area contributed by atoms with Gasteiger partial charge in [-0.1, -0.05) is 0 Å². The molecule has 1 aromatic rings. The predicted molar refractivity (Wildman–Crippen MR) is 67.1 cm³/mol. The minimum absolute atomic E-state index is 0.00856. The maximum atomic E-state index is 11.8. The van der Waals surface area contributed by atoms with Crippen LogP contribution < -0.4 is 4.90 Å². The molecule has 18 heavy (non-hydrogen) atoms. The van der Waals surface area contributed by atoms with Gasteiger partial charge in [0, 0.05) is 24.5 Å². The standard InChI is InChI=1S/C13H10ClN3O/c14-5-9-3-13(18)17(8-9)12-2-1-10(6-15)11(4-12)7-16/h1-2,4,9H,3,5,8H2. The van der Waals surface area contributed by atoms with Crippen molar-refractivity contribution in [3.63, 3.8) is 0 Å².